The van der Waals surface area contributed by atoms with Gasteiger partial charge in [-0.3, -0.25) is 4.79 Å². The van der Waals surface area contributed by atoms with Crippen molar-refractivity contribution < 1.29 is 4.79 Å². The molecule has 5 aromatic rings. The van der Waals surface area contributed by atoms with Crippen LogP contribution in [-0.4, -0.2) is 30.7 Å². The van der Waals surface area contributed by atoms with Crippen LogP contribution in [0.5, 0.6) is 0 Å². The van der Waals surface area contributed by atoms with Crippen molar-refractivity contribution in [2.75, 3.05) is 0 Å². The van der Waals surface area contributed by atoms with E-state index in [1.165, 1.54) is 11.1 Å². The number of hydrogen-bond acceptors (Lipinski definition) is 4. The highest BCUT2D eigenvalue weighted by Gasteiger charge is 2.13. The summed E-state index contributed by atoms with van der Waals surface area (Å²) in [6, 6.07) is 17.6. The molecule has 7 nitrogen and oxygen atoms in total. The summed E-state index contributed by atoms with van der Waals surface area (Å²) in [6.07, 6.45) is 1.83. The number of hydrogen-bond donors (Lipinski definition) is 2. The number of aryl methyl sites for hydroxylation is 2. The molecule has 0 unspecified atom stereocenters. The lowest BCUT2D eigenvalue weighted by Gasteiger charge is -2.07. The van der Waals surface area contributed by atoms with Crippen LogP contribution < -0.4 is 5.32 Å². The van der Waals surface area contributed by atoms with Crippen molar-refractivity contribution in [3.63, 3.8) is 0 Å². The average Bonchev–Trinajstić information content (AvgIpc) is 3.40. The zero-order valence-corrected chi connectivity index (χ0v) is 16.7. The Bertz CT molecular complexity index is 1400. The van der Waals surface area contributed by atoms with Gasteiger partial charge in [-0.05, 0) is 61.4 Å². The highest BCUT2D eigenvalue weighted by atomic mass is 16.1. The molecular weight excluding hydrogens is 376 g/mol. The number of benzene rings is 2. The number of amides is 1. The highest BCUT2D eigenvalue weighted by molar-refractivity contribution is 6.06. The van der Waals surface area contributed by atoms with E-state index in [-0.39, 0.29) is 12.5 Å². The van der Waals surface area contributed by atoms with E-state index in [1.54, 1.807) is 4.52 Å². The van der Waals surface area contributed by atoms with E-state index in [2.05, 4.69) is 52.5 Å². The first kappa shape index (κ1) is 18.1. The molecule has 0 saturated heterocycles. The minimum atomic E-state index is -0.165. The second kappa shape index (κ2) is 7.11. The first-order chi connectivity index (χ1) is 14.6. The maximum absolute atomic E-state index is 12.7. The minimum absolute atomic E-state index is 0.165. The predicted molar refractivity (Wildman–Crippen MR) is 115 cm³/mol. The van der Waals surface area contributed by atoms with Gasteiger partial charge in [0.15, 0.2) is 11.5 Å². The lowest BCUT2D eigenvalue weighted by Crippen LogP contribution is -2.24. The number of carbonyl (C=O) groups is 1. The van der Waals surface area contributed by atoms with Crippen LogP contribution in [0.3, 0.4) is 0 Å². The maximum Gasteiger partial charge on any atom is 0.252 e. The lowest BCUT2D eigenvalue weighted by molar-refractivity contribution is 0.0951. The summed E-state index contributed by atoms with van der Waals surface area (Å²) in [6.45, 7) is 4.40. The zero-order valence-electron chi connectivity index (χ0n) is 16.7. The molecule has 0 atom stereocenters. The molecule has 0 fully saturated rings. The third-order valence-electron chi connectivity index (χ3n) is 5.38. The highest BCUT2D eigenvalue weighted by Crippen LogP contribution is 2.21. The monoisotopic (exact) mass is 396 g/mol. The molecule has 5 rings (SSSR count). The number of aromatic amines is 1. The topological polar surface area (TPSA) is 88.0 Å². The van der Waals surface area contributed by atoms with Gasteiger partial charge in [-0.2, -0.15) is 9.61 Å². The molecule has 0 aliphatic carbocycles. The van der Waals surface area contributed by atoms with Gasteiger partial charge in [0.05, 0.1) is 12.2 Å². The Morgan fingerprint density at radius 3 is 2.80 bits per heavy atom. The fraction of sp³-hybridized carbons (Fsp3) is 0.130. The third-order valence-corrected chi connectivity index (χ3v) is 5.38. The number of nitrogens with zero attached hydrogens (tertiary/aromatic N) is 4. The molecule has 0 bridgehead atoms. The quantitative estimate of drug-likeness (QED) is 0.483. The molecule has 3 aromatic heterocycles. The van der Waals surface area contributed by atoms with Gasteiger partial charge in [0.2, 0.25) is 0 Å². The van der Waals surface area contributed by atoms with E-state index >= 15 is 0 Å². The van der Waals surface area contributed by atoms with Crippen molar-refractivity contribution in [2.24, 2.45) is 0 Å². The van der Waals surface area contributed by atoms with Crippen LogP contribution in [-0.2, 0) is 6.54 Å². The van der Waals surface area contributed by atoms with Gasteiger partial charge in [0, 0.05) is 28.2 Å². The lowest BCUT2D eigenvalue weighted by atomic mass is 10.0. The SMILES string of the molecule is Cc1ccc(-c2ccc3nnc(CNC(=O)c4cccc5[nH]ccc45)n3n2)cc1C. The summed E-state index contributed by atoms with van der Waals surface area (Å²) >= 11 is 0. The molecule has 3 heterocycles. The van der Waals surface area contributed by atoms with Crippen molar-refractivity contribution in [1.82, 2.24) is 30.1 Å². The van der Waals surface area contributed by atoms with Crippen LogP contribution in [0, 0.1) is 13.8 Å². The van der Waals surface area contributed by atoms with Crippen molar-refractivity contribution in [2.45, 2.75) is 20.4 Å². The van der Waals surface area contributed by atoms with E-state index in [1.807, 2.05) is 42.6 Å². The number of fused-ring (bicyclic) bond motifs is 2. The molecule has 2 aromatic carbocycles. The molecule has 0 radical (unpaired) electrons. The van der Waals surface area contributed by atoms with E-state index < -0.39 is 0 Å². The standard InChI is InChI=1S/C23H20N6O/c1-14-6-7-16(12-15(14)2)19-8-9-21-26-27-22(29(21)28-19)13-25-23(30)18-4-3-5-20-17(18)10-11-24-20/h3-12,24H,13H2,1-2H3,(H,25,30). The van der Waals surface area contributed by atoms with Gasteiger partial charge in [-0.25, -0.2) is 0 Å². The second-order valence-electron chi connectivity index (χ2n) is 7.33. The van der Waals surface area contributed by atoms with Gasteiger partial charge in [-0.1, -0.05) is 18.2 Å². The van der Waals surface area contributed by atoms with Crippen LogP contribution >= 0.6 is 0 Å². The summed E-state index contributed by atoms with van der Waals surface area (Å²) in [5.74, 6) is 0.410. The molecule has 30 heavy (non-hydrogen) atoms. The zero-order chi connectivity index (χ0) is 20.7. The maximum atomic E-state index is 12.7. The molecule has 0 aliphatic rings. The first-order valence-corrected chi connectivity index (χ1v) is 9.73. The van der Waals surface area contributed by atoms with Crippen molar-refractivity contribution in [3.8, 4) is 11.3 Å². The number of rotatable bonds is 4. The Balaban J connectivity index is 1.42. The van der Waals surface area contributed by atoms with E-state index in [0.29, 0.717) is 17.0 Å². The molecule has 148 valence electrons. The Labute approximate surface area is 172 Å². The third kappa shape index (κ3) is 3.10. The van der Waals surface area contributed by atoms with Crippen LogP contribution in [0.25, 0.3) is 27.8 Å². The van der Waals surface area contributed by atoms with E-state index in [0.717, 1.165) is 22.2 Å². The van der Waals surface area contributed by atoms with Gasteiger partial charge < -0.3 is 10.3 Å². The summed E-state index contributed by atoms with van der Waals surface area (Å²) in [4.78, 5) is 15.9. The second-order valence-corrected chi connectivity index (χ2v) is 7.33. The number of nitrogens with one attached hydrogen (secondary N) is 2. The summed E-state index contributed by atoms with van der Waals surface area (Å²) in [5, 5.41) is 16.9. The molecular formula is C23H20N6O. The Kier molecular flexibility index (Phi) is 4.28. The van der Waals surface area contributed by atoms with Gasteiger partial charge in [0.1, 0.15) is 0 Å². The molecule has 0 aliphatic heterocycles. The van der Waals surface area contributed by atoms with Crippen LogP contribution in [0.2, 0.25) is 0 Å². The molecule has 0 saturated carbocycles. The fourth-order valence-corrected chi connectivity index (χ4v) is 3.54. The summed E-state index contributed by atoms with van der Waals surface area (Å²) in [7, 11) is 0. The Morgan fingerprint density at radius 2 is 1.93 bits per heavy atom. The van der Waals surface area contributed by atoms with Crippen LogP contribution in [0.1, 0.15) is 27.3 Å². The minimum Gasteiger partial charge on any atom is -0.361 e. The van der Waals surface area contributed by atoms with Crippen molar-refractivity contribution in [1.29, 1.82) is 0 Å². The fourth-order valence-electron chi connectivity index (χ4n) is 3.54. The smallest absolute Gasteiger partial charge is 0.252 e. The normalized spacial score (nSPS) is 11.3. The van der Waals surface area contributed by atoms with Crippen LogP contribution in [0.15, 0.2) is 60.8 Å². The first-order valence-electron chi connectivity index (χ1n) is 9.73. The van der Waals surface area contributed by atoms with Crippen LogP contribution in [0.4, 0.5) is 0 Å². The van der Waals surface area contributed by atoms with Gasteiger partial charge >= 0.3 is 0 Å². The summed E-state index contributed by atoms with van der Waals surface area (Å²) < 4.78 is 1.68. The average molecular weight is 396 g/mol. The molecule has 1 amide bonds. The van der Waals surface area contributed by atoms with E-state index in [9.17, 15) is 4.79 Å². The molecule has 7 heteroatoms. The number of aromatic nitrogens is 5. The molecule has 2 N–H and O–H groups in total. The molecule has 0 spiro atoms. The van der Waals surface area contributed by atoms with Crippen molar-refractivity contribution in [3.05, 3.63) is 83.3 Å². The Hall–Kier alpha value is -4.00. The largest absolute Gasteiger partial charge is 0.361 e. The summed E-state index contributed by atoms with van der Waals surface area (Å²) in [5.41, 5.74) is 6.49. The Morgan fingerprint density at radius 1 is 1.03 bits per heavy atom. The number of carbonyl (C=O) groups excluding carboxylic acids is 1. The number of H-pyrrole nitrogens is 1. The van der Waals surface area contributed by atoms with Crippen molar-refractivity contribution >= 4 is 22.5 Å². The van der Waals surface area contributed by atoms with Gasteiger partial charge in [-0.15, -0.1) is 10.2 Å². The van der Waals surface area contributed by atoms with Gasteiger partial charge in [0.25, 0.3) is 5.91 Å². The predicted octanol–water partition coefficient (Wildman–Crippen LogP) is 3.82. The van der Waals surface area contributed by atoms with E-state index in [4.69, 9.17) is 5.10 Å².